The Hall–Kier alpha value is -0.900. The van der Waals surface area contributed by atoms with Crippen LogP contribution < -0.4 is 5.73 Å². The van der Waals surface area contributed by atoms with Crippen LogP contribution in [0.3, 0.4) is 0 Å². The topological polar surface area (TPSA) is 26.0 Å². The highest BCUT2D eigenvalue weighted by Crippen LogP contribution is 2.28. The second kappa shape index (κ2) is 5.17. The van der Waals surface area contributed by atoms with Gasteiger partial charge in [-0.05, 0) is 41.5 Å². The van der Waals surface area contributed by atoms with Gasteiger partial charge >= 0.3 is 0 Å². The average Bonchev–Trinajstić information content (AvgIpc) is 2.31. The third-order valence-electron chi connectivity index (χ3n) is 2.50. The number of nitrogens with two attached hydrogens (primary N) is 1. The van der Waals surface area contributed by atoms with Crippen molar-refractivity contribution in [2.45, 2.75) is 6.04 Å². The standard InChI is InChI=1S/C13H10BrClFN/c14-12-5-4-10(16)7-11(12)13(17)8-2-1-3-9(15)6-8/h1-7,13H,17H2. The Morgan fingerprint density at radius 1 is 1.18 bits per heavy atom. The molecule has 0 amide bonds. The van der Waals surface area contributed by atoms with Crippen molar-refractivity contribution in [3.63, 3.8) is 0 Å². The van der Waals surface area contributed by atoms with Gasteiger partial charge in [0.1, 0.15) is 5.82 Å². The molecule has 0 bridgehead atoms. The molecule has 0 saturated heterocycles. The Labute approximate surface area is 113 Å². The van der Waals surface area contributed by atoms with Gasteiger partial charge in [0.05, 0.1) is 6.04 Å². The van der Waals surface area contributed by atoms with Crippen LogP contribution >= 0.6 is 27.5 Å². The van der Waals surface area contributed by atoms with Gasteiger partial charge < -0.3 is 5.73 Å². The van der Waals surface area contributed by atoms with Crippen molar-refractivity contribution in [1.29, 1.82) is 0 Å². The first-order valence-electron chi connectivity index (χ1n) is 5.04. The summed E-state index contributed by atoms with van der Waals surface area (Å²) in [6.07, 6.45) is 0. The van der Waals surface area contributed by atoms with Crippen molar-refractivity contribution in [1.82, 2.24) is 0 Å². The van der Waals surface area contributed by atoms with Gasteiger partial charge in [-0.15, -0.1) is 0 Å². The first kappa shape index (κ1) is 12.6. The number of hydrogen-bond donors (Lipinski definition) is 1. The summed E-state index contributed by atoms with van der Waals surface area (Å²) in [5.74, 6) is -0.305. The van der Waals surface area contributed by atoms with Gasteiger partial charge in [0.25, 0.3) is 0 Å². The highest BCUT2D eigenvalue weighted by atomic mass is 79.9. The molecule has 1 nitrogen and oxygen atoms in total. The molecular formula is C13H10BrClFN. The van der Waals surface area contributed by atoms with Gasteiger partial charge in [-0.2, -0.15) is 0 Å². The fourth-order valence-corrected chi connectivity index (χ4v) is 2.32. The third-order valence-corrected chi connectivity index (χ3v) is 3.46. The number of halogens is 3. The molecule has 17 heavy (non-hydrogen) atoms. The first-order chi connectivity index (χ1) is 8.08. The van der Waals surface area contributed by atoms with Gasteiger partial charge in [-0.25, -0.2) is 4.39 Å². The summed E-state index contributed by atoms with van der Waals surface area (Å²) in [5, 5.41) is 0.616. The van der Waals surface area contributed by atoms with Gasteiger partial charge in [0.2, 0.25) is 0 Å². The van der Waals surface area contributed by atoms with Gasteiger partial charge in [-0.3, -0.25) is 0 Å². The maximum Gasteiger partial charge on any atom is 0.123 e. The van der Waals surface area contributed by atoms with E-state index in [0.717, 1.165) is 10.0 Å². The predicted octanol–water partition coefficient (Wildman–Crippen LogP) is 4.29. The van der Waals surface area contributed by atoms with Crippen molar-refractivity contribution in [2.75, 3.05) is 0 Å². The van der Waals surface area contributed by atoms with Crippen LogP contribution in [0, 0.1) is 5.82 Å². The molecule has 0 aromatic heterocycles. The van der Waals surface area contributed by atoms with Crippen LogP contribution in [0.4, 0.5) is 4.39 Å². The van der Waals surface area contributed by atoms with E-state index in [-0.39, 0.29) is 5.82 Å². The lowest BCUT2D eigenvalue weighted by Gasteiger charge is -2.14. The zero-order valence-electron chi connectivity index (χ0n) is 8.83. The monoisotopic (exact) mass is 313 g/mol. The molecule has 4 heteroatoms. The van der Waals surface area contributed by atoms with Crippen molar-refractivity contribution in [3.05, 3.63) is 68.9 Å². The van der Waals surface area contributed by atoms with Gasteiger partial charge in [0, 0.05) is 9.50 Å². The van der Waals surface area contributed by atoms with Crippen molar-refractivity contribution in [3.8, 4) is 0 Å². The van der Waals surface area contributed by atoms with E-state index in [1.165, 1.54) is 12.1 Å². The van der Waals surface area contributed by atoms with Gasteiger partial charge in [0.15, 0.2) is 0 Å². The second-order valence-corrected chi connectivity index (χ2v) is 4.99. The summed E-state index contributed by atoms with van der Waals surface area (Å²) >= 11 is 9.27. The summed E-state index contributed by atoms with van der Waals surface area (Å²) < 4.78 is 14.0. The predicted molar refractivity (Wildman–Crippen MR) is 71.6 cm³/mol. The summed E-state index contributed by atoms with van der Waals surface area (Å²) in [5.41, 5.74) is 7.65. The summed E-state index contributed by atoms with van der Waals surface area (Å²) in [6.45, 7) is 0. The normalized spacial score (nSPS) is 12.5. The largest absolute Gasteiger partial charge is 0.320 e. The van der Waals surface area contributed by atoms with E-state index in [1.54, 1.807) is 18.2 Å². The molecule has 1 atom stereocenters. The SMILES string of the molecule is NC(c1cccc(Cl)c1)c1cc(F)ccc1Br. The van der Waals surface area contributed by atoms with Gasteiger partial charge in [-0.1, -0.05) is 39.7 Å². The quantitative estimate of drug-likeness (QED) is 0.879. The van der Waals surface area contributed by atoms with E-state index < -0.39 is 6.04 Å². The molecule has 2 rings (SSSR count). The Kier molecular flexibility index (Phi) is 3.82. The summed E-state index contributed by atoms with van der Waals surface area (Å²) in [7, 11) is 0. The summed E-state index contributed by atoms with van der Waals surface area (Å²) in [4.78, 5) is 0. The molecule has 1 unspecified atom stereocenters. The van der Waals surface area contributed by atoms with Crippen molar-refractivity contribution < 1.29 is 4.39 Å². The number of rotatable bonds is 2. The lowest BCUT2D eigenvalue weighted by atomic mass is 10.00. The van der Waals surface area contributed by atoms with Crippen LogP contribution in [0.25, 0.3) is 0 Å². The maximum absolute atomic E-state index is 13.2. The maximum atomic E-state index is 13.2. The van der Waals surface area contributed by atoms with Crippen LogP contribution in [0.2, 0.25) is 5.02 Å². The molecular weight excluding hydrogens is 305 g/mol. The minimum atomic E-state index is -0.404. The van der Waals surface area contributed by atoms with Crippen LogP contribution in [0.5, 0.6) is 0 Å². The highest BCUT2D eigenvalue weighted by Gasteiger charge is 2.13. The molecule has 0 aliphatic carbocycles. The minimum absolute atomic E-state index is 0.305. The van der Waals surface area contributed by atoms with E-state index in [1.807, 2.05) is 12.1 Å². The Bertz CT molecular complexity index is 545. The van der Waals surface area contributed by atoms with Crippen molar-refractivity contribution in [2.24, 2.45) is 5.73 Å². The molecule has 0 saturated carbocycles. The Morgan fingerprint density at radius 2 is 1.94 bits per heavy atom. The molecule has 0 heterocycles. The molecule has 0 radical (unpaired) electrons. The molecule has 0 aliphatic heterocycles. The lowest BCUT2D eigenvalue weighted by Crippen LogP contribution is -2.12. The van der Waals surface area contributed by atoms with E-state index in [0.29, 0.717) is 10.6 Å². The van der Waals surface area contributed by atoms with Crippen LogP contribution in [-0.2, 0) is 0 Å². The first-order valence-corrected chi connectivity index (χ1v) is 6.21. The van der Waals surface area contributed by atoms with Crippen molar-refractivity contribution >= 4 is 27.5 Å². The molecule has 88 valence electrons. The fraction of sp³-hybridized carbons (Fsp3) is 0.0769. The molecule has 2 aromatic rings. The number of hydrogen-bond acceptors (Lipinski definition) is 1. The van der Waals surface area contributed by atoms with E-state index in [4.69, 9.17) is 17.3 Å². The van der Waals surface area contributed by atoms with Crippen LogP contribution in [0.1, 0.15) is 17.2 Å². The van der Waals surface area contributed by atoms with E-state index in [9.17, 15) is 4.39 Å². The molecule has 0 aliphatic rings. The summed E-state index contributed by atoms with van der Waals surface area (Å²) in [6, 6.07) is 11.3. The molecule has 2 N–H and O–H groups in total. The molecule has 2 aromatic carbocycles. The third kappa shape index (κ3) is 2.86. The zero-order valence-corrected chi connectivity index (χ0v) is 11.2. The minimum Gasteiger partial charge on any atom is -0.320 e. The smallest absolute Gasteiger partial charge is 0.123 e. The lowest BCUT2D eigenvalue weighted by molar-refractivity contribution is 0.623. The second-order valence-electron chi connectivity index (χ2n) is 3.70. The zero-order chi connectivity index (χ0) is 12.4. The Balaban J connectivity index is 2.43. The highest BCUT2D eigenvalue weighted by molar-refractivity contribution is 9.10. The van der Waals surface area contributed by atoms with Crippen LogP contribution in [0.15, 0.2) is 46.9 Å². The average molecular weight is 315 g/mol. The molecule has 0 fully saturated rings. The number of benzene rings is 2. The van der Waals surface area contributed by atoms with E-state index in [2.05, 4.69) is 15.9 Å². The Morgan fingerprint density at radius 3 is 2.65 bits per heavy atom. The fourth-order valence-electron chi connectivity index (χ4n) is 1.63. The van der Waals surface area contributed by atoms with E-state index >= 15 is 0 Å². The molecule has 0 spiro atoms. The van der Waals surface area contributed by atoms with Crippen LogP contribution in [-0.4, -0.2) is 0 Å².